The number of benzene rings is 2. The van der Waals surface area contributed by atoms with E-state index in [1.54, 1.807) is 28.6 Å². The van der Waals surface area contributed by atoms with Crippen LogP contribution in [0.3, 0.4) is 0 Å². The average molecular weight is 437 g/mol. The number of nitrogens with zero attached hydrogens (tertiary/aromatic N) is 2. The van der Waals surface area contributed by atoms with Crippen molar-refractivity contribution in [2.45, 2.75) is 24.5 Å². The molecule has 2 amide bonds. The summed E-state index contributed by atoms with van der Waals surface area (Å²) in [5, 5.41) is 10.4. The molecule has 1 aliphatic heterocycles. The monoisotopic (exact) mass is 436 g/mol. The zero-order valence-corrected chi connectivity index (χ0v) is 17.9. The highest BCUT2D eigenvalue weighted by Crippen LogP contribution is 2.34. The number of hydrogen-bond acceptors (Lipinski definition) is 5. The number of thioether (sulfide) groups is 1. The number of para-hydroxylation sites is 1. The lowest BCUT2D eigenvalue weighted by molar-refractivity contribution is -0.122. The van der Waals surface area contributed by atoms with E-state index in [4.69, 9.17) is 4.74 Å². The first-order valence-corrected chi connectivity index (χ1v) is 11.3. The van der Waals surface area contributed by atoms with Gasteiger partial charge in [-0.15, -0.1) is 0 Å². The number of carbonyl (C=O) groups excluding carboxylic acids is 2. The minimum atomic E-state index is -0.283. The zero-order valence-electron chi connectivity index (χ0n) is 17.0. The number of hydrogen-bond donors (Lipinski definition) is 2. The first-order chi connectivity index (χ1) is 15.2. The molecular weight excluding hydrogens is 412 g/mol. The van der Waals surface area contributed by atoms with Gasteiger partial charge in [0.05, 0.1) is 5.69 Å². The Morgan fingerprint density at radius 3 is 2.52 bits per heavy atom. The van der Waals surface area contributed by atoms with Gasteiger partial charge in [-0.05, 0) is 24.1 Å². The Kier molecular flexibility index (Phi) is 6.89. The molecule has 2 heterocycles. The van der Waals surface area contributed by atoms with E-state index in [0.29, 0.717) is 18.1 Å². The summed E-state index contributed by atoms with van der Waals surface area (Å²) in [7, 11) is 0. The van der Waals surface area contributed by atoms with Gasteiger partial charge < -0.3 is 15.4 Å². The lowest BCUT2D eigenvalue weighted by Crippen LogP contribution is -2.31. The van der Waals surface area contributed by atoms with Crippen molar-refractivity contribution in [3.8, 4) is 5.75 Å². The minimum Gasteiger partial charge on any atom is -0.484 e. The second-order valence-corrected chi connectivity index (χ2v) is 8.15. The SMILES string of the molecule is O=C(Cn1nc2c(c1NC(=O)COc1ccccc1)CSC2)NCCc1ccccc1. The van der Waals surface area contributed by atoms with Crippen LogP contribution >= 0.6 is 11.8 Å². The zero-order chi connectivity index (χ0) is 21.5. The number of aromatic nitrogens is 2. The molecule has 8 heteroatoms. The van der Waals surface area contributed by atoms with Crippen LogP contribution in [-0.2, 0) is 34.1 Å². The minimum absolute atomic E-state index is 0.0572. The van der Waals surface area contributed by atoms with E-state index in [1.807, 2.05) is 48.5 Å². The molecule has 2 aromatic carbocycles. The van der Waals surface area contributed by atoms with Gasteiger partial charge >= 0.3 is 0 Å². The Morgan fingerprint density at radius 1 is 1.00 bits per heavy atom. The molecule has 1 aromatic heterocycles. The quantitative estimate of drug-likeness (QED) is 0.539. The highest BCUT2D eigenvalue weighted by molar-refractivity contribution is 7.98. The summed E-state index contributed by atoms with van der Waals surface area (Å²) in [5.41, 5.74) is 3.07. The largest absolute Gasteiger partial charge is 0.484 e. The Balaban J connectivity index is 1.34. The standard InChI is InChI=1S/C23H24N4O3S/c28-21(24-12-11-17-7-3-1-4-8-17)13-27-23(19-15-31-16-20(19)26-27)25-22(29)14-30-18-9-5-2-6-10-18/h1-10H,11-16H2,(H,24,28)(H,25,29). The van der Waals surface area contributed by atoms with Crippen LogP contribution < -0.4 is 15.4 Å². The highest BCUT2D eigenvalue weighted by atomic mass is 32.2. The van der Waals surface area contributed by atoms with Gasteiger partial charge in [-0.2, -0.15) is 16.9 Å². The average Bonchev–Trinajstić information content (AvgIpc) is 3.36. The number of amides is 2. The number of anilines is 1. The lowest BCUT2D eigenvalue weighted by Gasteiger charge is -2.12. The maximum atomic E-state index is 12.5. The van der Waals surface area contributed by atoms with Crippen LogP contribution in [0.5, 0.6) is 5.75 Å². The van der Waals surface area contributed by atoms with Crippen LogP contribution in [0.15, 0.2) is 60.7 Å². The second-order valence-electron chi connectivity index (χ2n) is 7.16. The molecule has 4 rings (SSSR count). The fraction of sp³-hybridized carbons (Fsp3) is 0.261. The summed E-state index contributed by atoms with van der Waals surface area (Å²) in [6, 6.07) is 19.2. The van der Waals surface area contributed by atoms with Gasteiger partial charge in [0.1, 0.15) is 18.1 Å². The first-order valence-electron chi connectivity index (χ1n) is 10.1. The summed E-state index contributed by atoms with van der Waals surface area (Å²) in [5.74, 6) is 2.33. The van der Waals surface area contributed by atoms with Crippen molar-refractivity contribution in [2.75, 3.05) is 18.5 Å². The summed E-state index contributed by atoms with van der Waals surface area (Å²) < 4.78 is 7.11. The van der Waals surface area contributed by atoms with Crippen LogP contribution in [0.2, 0.25) is 0 Å². The van der Waals surface area contributed by atoms with Gasteiger partial charge in [0.25, 0.3) is 5.91 Å². The number of rotatable bonds is 9. The molecule has 0 aliphatic carbocycles. The first kappa shape index (κ1) is 21.0. The summed E-state index contributed by atoms with van der Waals surface area (Å²) in [4.78, 5) is 24.9. The van der Waals surface area contributed by atoms with E-state index in [0.717, 1.165) is 29.2 Å². The third-order valence-corrected chi connectivity index (χ3v) is 5.83. The van der Waals surface area contributed by atoms with Gasteiger partial charge in [0.2, 0.25) is 5.91 Å². The van der Waals surface area contributed by atoms with E-state index in [9.17, 15) is 9.59 Å². The Morgan fingerprint density at radius 2 is 1.74 bits per heavy atom. The number of fused-ring (bicyclic) bond motifs is 1. The molecule has 2 N–H and O–H groups in total. The normalized spacial score (nSPS) is 12.3. The van der Waals surface area contributed by atoms with E-state index >= 15 is 0 Å². The topological polar surface area (TPSA) is 85.2 Å². The van der Waals surface area contributed by atoms with Crippen LogP contribution in [-0.4, -0.2) is 34.7 Å². The van der Waals surface area contributed by atoms with Crippen LogP contribution in [0, 0.1) is 0 Å². The van der Waals surface area contributed by atoms with Gasteiger partial charge in [-0.3, -0.25) is 9.59 Å². The molecule has 0 saturated heterocycles. The molecule has 0 saturated carbocycles. The van der Waals surface area contributed by atoms with Gasteiger partial charge in [-0.1, -0.05) is 48.5 Å². The smallest absolute Gasteiger partial charge is 0.263 e. The molecule has 31 heavy (non-hydrogen) atoms. The van der Waals surface area contributed by atoms with Crippen LogP contribution in [0.25, 0.3) is 0 Å². The Hall–Kier alpha value is -3.26. The Bertz CT molecular complexity index is 1040. The number of nitrogens with one attached hydrogen (secondary N) is 2. The van der Waals surface area contributed by atoms with Crippen molar-refractivity contribution in [2.24, 2.45) is 0 Å². The van der Waals surface area contributed by atoms with Crippen molar-refractivity contribution in [3.05, 3.63) is 77.5 Å². The van der Waals surface area contributed by atoms with Crippen molar-refractivity contribution >= 4 is 29.4 Å². The fourth-order valence-electron chi connectivity index (χ4n) is 3.34. The van der Waals surface area contributed by atoms with Crippen molar-refractivity contribution in [1.82, 2.24) is 15.1 Å². The maximum Gasteiger partial charge on any atom is 0.263 e. The summed E-state index contributed by atoms with van der Waals surface area (Å²) >= 11 is 1.74. The molecule has 7 nitrogen and oxygen atoms in total. The molecular formula is C23H24N4O3S. The van der Waals surface area contributed by atoms with E-state index in [1.165, 1.54) is 5.56 Å². The number of carbonyl (C=O) groups is 2. The van der Waals surface area contributed by atoms with Gasteiger partial charge in [0, 0.05) is 23.6 Å². The molecule has 0 unspecified atom stereocenters. The van der Waals surface area contributed by atoms with Crippen molar-refractivity contribution < 1.29 is 14.3 Å². The Labute approximate surface area is 185 Å². The molecule has 0 bridgehead atoms. The predicted octanol–water partition coefficient (Wildman–Crippen LogP) is 3.01. The van der Waals surface area contributed by atoms with E-state index in [-0.39, 0.29) is 25.0 Å². The summed E-state index contributed by atoms with van der Waals surface area (Å²) in [6.45, 7) is 0.494. The van der Waals surface area contributed by atoms with Gasteiger partial charge in [-0.25, -0.2) is 4.68 Å². The molecule has 0 fully saturated rings. The van der Waals surface area contributed by atoms with E-state index < -0.39 is 0 Å². The predicted molar refractivity (Wildman–Crippen MR) is 121 cm³/mol. The molecule has 0 atom stereocenters. The maximum absolute atomic E-state index is 12.5. The van der Waals surface area contributed by atoms with Crippen LogP contribution in [0.4, 0.5) is 5.82 Å². The molecule has 0 radical (unpaired) electrons. The molecule has 1 aliphatic rings. The third-order valence-electron chi connectivity index (χ3n) is 4.86. The van der Waals surface area contributed by atoms with Gasteiger partial charge in [0.15, 0.2) is 6.61 Å². The fourth-order valence-corrected chi connectivity index (χ4v) is 4.37. The van der Waals surface area contributed by atoms with E-state index in [2.05, 4.69) is 15.7 Å². The van der Waals surface area contributed by atoms with Crippen molar-refractivity contribution in [1.29, 1.82) is 0 Å². The summed E-state index contributed by atoms with van der Waals surface area (Å²) in [6.07, 6.45) is 0.763. The third kappa shape index (κ3) is 5.67. The lowest BCUT2D eigenvalue weighted by atomic mass is 10.1. The number of ether oxygens (including phenoxy) is 1. The van der Waals surface area contributed by atoms with Crippen molar-refractivity contribution in [3.63, 3.8) is 0 Å². The molecule has 160 valence electrons. The highest BCUT2D eigenvalue weighted by Gasteiger charge is 2.25. The molecule has 0 spiro atoms. The van der Waals surface area contributed by atoms with Crippen LogP contribution in [0.1, 0.15) is 16.8 Å². The molecule has 3 aromatic rings. The second kappa shape index (κ2) is 10.2.